The monoisotopic (exact) mass is 270 g/mol. The lowest BCUT2D eigenvalue weighted by molar-refractivity contribution is -0.115. The van der Waals surface area contributed by atoms with E-state index in [1.165, 1.54) is 0 Å². The Morgan fingerprint density at radius 2 is 2.00 bits per heavy atom. The predicted molar refractivity (Wildman–Crippen MR) is 69.6 cm³/mol. The lowest BCUT2D eigenvalue weighted by Gasteiger charge is -2.20. The molecule has 1 aromatic carbocycles. The van der Waals surface area contributed by atoms with Gasteiger partial charge < -0.3 is 20.1 Å². The quantitative estimate of drug-likeness (QED) is 0.874. The zero-order valence-electron chi connectivity index (χ0n) is 10.1. The molecule has 6 heteroatoms. The van der Waals surface area contributed by atoms with E-state index in [4.69, 9.17) is 21.1 Å². The summed E-state index contributed by atoms with van der Waals surface area (Å²) in [6.45, 7) is 3.93. The molecule has 0 bridgehead atoms. The zero-order valence-corrected chi connectivity index (χ0v) is 10.8. The molecule has 0 radical (unpaired) electrons. The summed E-state index contributed by atoms with van der Waals surface area (Å²) in [5, 5.41) is 6.10. The SMILES string of the molecule is CCNCC(=O)Nc1cc2c(cc1Cl)OCCO2. The second-order valence-electron chi connectivity index (χ2n) is 3.80. The van der Waals surface area contributed by atoms with Crippen molar-refractivity contribution in [2.75, 3.05) is 31.6 Å². The third kappa shape index (κ3) is 3.05. The first-order valence-electron chi connectivity index (χ1n) is 5.80. The third-order valence-corrected chi connectivity index (χ3v) is 2.75. The minimum atomic E-state index is -0.143. The molecule has 2 rings (SSSR count). The van der Waals surface area contributed by atoms with Crippen molar-refractivity contribution in [2.45, 2.75) is 6.92 Å². The van der Waals surface area contributed by atoms with Gasteiger partial charge in [-0.1, -0.05) is 18.5 Å². The smallest absolute Gasteiger partial charge is 0.238 e. The Kier molecular flexibility index (Phi) is 4.28. The van der Waals surface area contributed by atoms with E-state index in [0.29, 0.717) is 35.4 Å². The second kappa shape index (κ2) is 5.93. The number of rotatable bonds is 4. The van der Waals surface area contributed by atoms with E-state index in [-0.39, 0.29) is 12.5 Å². The summed E-state index contributed by atoms with van der Waals surface area (Å²) in [4.78, 5) is 11.6. The predicted octanol–water partition coefficient (Wildman–Crippen LogP) is 1.66. The Bertz CT molecular complexity index is 451. The molecule has 0 saturated carbocycles. The van der Waals surface area contributed by atoms with E-state index in [9.17, 15) is 4.79 Å². The number of hydrogen-bond donors (Lipinski definition) is 2. The summed E-state index contributed by atoms with van der Waals surface area (Å²) in [7, 11) is 0. The van der Waals surface area contributed by atoms with Crippen LogP contribution in [0.2, 0.25) is 5.02 Å². The fourth-order valence-electron chi connectivity index (χ4n) is 1.59. The van der Waals surface area contributed by atoms with Gasteiger partial charge in [-0.15, -0.1) is 0 Å². The molecule has 1 aliphatic rings. The molecule has 0 aromatic heterocycles. The molecule has 0 spiro atoms. The molecule has 0 saturated heterocycles. The van der Waals surface area contributed by atoms with Gasteiger partial charge in [0.1, 0.15) is 13.2 Å². The number of carbonyl (C=O) groups excluding carboxylic acids is 1. The molecule has 0 unspecified atom stereocenters. The molecule has 2 N–H and O–H groups in total. The van der Waals surface area contributed by atoms with Crippen LogP contribution in [0.5, 0.6) is 11.5 Å². The minimum absolute atomic E-state index is 0.143. The van der Waals surface area contributed by atoms with Crippen molar-refractivity contribution in [3.63, 3.8) is 0 Å². The summed E-state index contributed by atoms with van der Waals surface area (Å²) >= 11 is 6.07. The molecule has 1 aliphatic heterocycles. The molecule has 0 atom stereocenters. The largest absolute Gasteiger partial charge is 0.486 e. The van der Waals surface area contributed by atoms with Crippen molar-refractivity contribution < 1.29 is 14.3 Å². The van der Waals surface area contributed by atoms with Gasteiger partial charge in [-0.05, 0) is 6.54 Å². The highest BCUT2D eigenvalue weighted by atomic mass is 35.5. The number of nitrogens with one attached hydrogen (secondary N) is 2. The number of carbonyl (C=O) groups is 1. The van der Waals surface area contributed by atoms with Gasteiger partial charge >= 0.3 is 0 Å². The van der Waals surface area contributed by atoms with Crippen LogP contribution in [0, 0.1) is 0 Å². The van der Waals surface area contributed by atoms with Gasteiger partial charge in [0.15, 0.2) is 11.5 Å². The molecular weight excluding hydrogens is 256 g/mol. The van der Waals surface area contributed by atoms with Crippen molar-refractivity contribution in [3.05, 3.63) is 17.2 Å². The van der Waals surface area contributed by atoms with Gasteiger partial charge in [0.25, 0.3) is 0 Å². The normalized spacial score (nSPS) is 13.2. The standard InChI is InChI=1S/C12H15ClN2O3/c1-2-14-7-12(16)15-9-6-11-10(5-8(9)13)17-3-4-18-11/h5-6,14H,2-4,7H2,1H3,(H,15,16). The maximum atomic E-state index is 11.6. The maximum absolute atomic E-state index is 11.6. The molecule has 1 amide bonds. The fourth-order valence-corrected chi connectivity index (χ4v) is 1.79. The van der Waals surface area contributed by atoms with Gasteiger partial charge in [0.2, 0.25) is 5.91 Å². The van der Waals surface area contributed by atoms with Gasteiger partial charge in [0.05, 0.1) is 17.3 Å². The molecule has 5 nitrogen and oxygen atoms in total. The van der Waals surface area contributed by atoms with Crippen molar-refractivity contribution in [1.29, 1.82) is 0 Å². The highest BCUT2D eigenvalue weighted by Crippen LogP contribution is 2.37. The van der Waals surface area contributed by atoms with Gasteiger partial charge in [-0.25, -0.2) is 0 Å². The van der Waals surface area contributed by atoms with Crippen LogP contribution < -0.4 is 20.1 Å². The van der Waals surface area contributed by atoms with Crippen molar-refractivity contribution in [2.24, 2.45) is 0 Å². The topological polar surface area (TPSA) is 59.6 Å². The number of fused-ring (bicyclic) bond motifs is 1. The third-order valence-electron chi connectivity index (χ3n) is 2.44. The van der Waals surface area contributed by atoms with Crippen molar-refractivity contribution in [1.82, 2.24) is 5.32 Å². The summed E-state index contributed by atoms with van der Waals surface area (Å²) in [6, 6.07) is 3.33. The molecule has 98 valence electrons. The number of ether oxygens (including phenoxy) is 2. The van der Waals surface area contributed by atoms with Crippen LogP contribution in [0.15, 0.2) is 12.1 Å². The zero-order chi connectivity index (χ0) is 13.0. The highest BCUT2D eigenvalue weighted by molar-refractivity contribution is 6.34. The van der Waals surface area contributed by atoms with E-state index in [1.54, 1.807) is 12.1 Å². The number of halogens is 1. The van der Waals surface area contributed by atoms with E-state index in [0.717, 1.165) is 6.54 Å². The van der Waals surface area contributed by atoms with E-state index >= 15 is 0 Å². The molecule has 0 aliphatic carbocycles. The fraction of sp³-hybridized carbons (Fsp3) is 0.417. The lowest BCUT2D eigenvalue weighted by atomic mass is 10.2. The highest BCUT2D eigenvalue weighted by Gasteiger charge is 2.16. The van der Waals surface area contributed by atoms with Crippen LogP contribution in [-0.4, -0.2) is 32.2 Å². The molecule has 1 aromatic rings. The first-order chi connectivity index (χ1) is 8.70. The molecule has 0 fully saturated rings. The van der Waals surface area contributed by atoms with Crippen LogP contribution in [0.4, 0.5) is 5.69 Å². The summed E-state index contributed by atoms with van der Waals surface area (Å²) in [6.07, 6.45) is 0. The first-order valence-corrected chi connectivity index (χ1v) is 6.18. The van der Waals surface area contributed by atoms with E-state index < -0.39 is 0 Å². The van der Waals surface area contributed by atoms with Crippen molar-refractivity contribution in [3.8, 4) is 11.5 Å². The number of amides is 1. The van der Waals surface area contributed by atoms with Crippen LogP contribution in [-0.2, 0) is 4.79 Å². The first kappa shape index (κ1) is 13.0. The average molecular weight is 271 g/mol. The summed E-state index contributed by atoms with van der Waals surface area (Å²) in [5.74, 6) is 1.07. The van der Waals surface area contributed by atoms with E-state index in [2.05, 4.69) is 10.6 Å². The van der Waals surface area contributed by atoms with Gasteiger partial charge in [-0.3, -0.25) is 4.79 Å². The Balaban J connectivity index is 2.10. The van der Waals surface area contributed by atoms with Crippen LogP contribution in [0.3, 0.4) is 0 Å². The Labute approximate surface area is 110 Å². The second-order valence-corrected chi connectivity index (χ2v) is 4.21. The lowest BCUT2D eigenvalue weighted by Crippen LogP contribution is -2.28. The van der Waals surface area contributed by atoms with Gasteiger partial charge in [-0.2, -0.15) is 0 Å². The molecule has 1 heterocycles. The van der Waals surface area contributed by atoms with E-state index in [1.807, 2.05) is 6.92 Å². The van der Waals surface area contributed by atoms with Crippen molar-refractivity contribution >= 4 is 23.2 Å². The Morgan fingerprint density at radius 3 is 2.67 bits per heavy atom. The Hall–Kier alpha value is -1.46. The van der Waals surface area contributed by atoms with Crippen LogP contribution in [0.25, 0.3) is 0 Å². The molecular formula is C12H15ClN2O3. The van der Waals surface area contributed by atoms with Crippen LogP contribution >= 0.6 is 11.6 Å². The van der Waals surface area contributed by atoms with Crippen LogP contribution in [0.1, 0.15) is 6.92 Å². The minimum Gasteiger partial charge on any atom is -0.486 e. The number of benzene rings is 1. The maximum Gasteiger partial charge on any atom is 0.238 e. The summed E-state index contributed by atoms with van der Waals surface area (Å²) in [5.41, 5.74) is 0.531. The number of anilines is 1. The number of likely N-dealkylation sites (N-methyl/N-ethyl adjacent to an activating group) is 1. The molecule has 18 heavy (non-hydrogen) atoms. The average Bonchev–Trinajstić information content (AvgIpc) is 2.37. The Morgan fingerprint density at radius 1 is 1.33 bits per heavy atom. The van der Waals surface area contributed by atoms with Gasteiger partial charge in [0, 0.05) is 12.1 Å². The number of hydrogen-bond acceptors (Lipinski definition) is 4. The summed E-state index contributed by atoms with van der Waals surface area (Å²) < 4.78 is 10.8.